The van der Waals surface area contributed by atoms with Gasteiger partial charge in [-0.15, -0.1) is 0 Å². The maximum absolute atomic E-state index is 11.7. The normalized spacial score (nSPS) is 28.1. The van der Waals surface area contributed by atoms with Crippen LogP contribution in [0.4, 0.5) is 0 Å². The van der Waals surface area contributed by atoms with Gasteiger partial charge in [-0.3, -0.25) is 4.79 Å². The summed E-state index contributed by atoms with van der Waals surface area (Å²) in [4.78, 5) is 13.1. The average molecular weight is 264 g/mol. The lowest BCUT2D eigenvalue weighted by atomic mass is 9.89. The second kappa shape index (κ2) is 4.94. The zero-order valence-corrected chi connectivity index (χ0v) is 10.5. The molecule has 2 rings (SSSR count). The summed E-state index contributed by atoms with van der Waals surface area (Å²) in [6.45, 7) is 0.562. The lowest BCUT2D eigenvalue weighted by Gasteiger charge is -2.29. The van der Waals surface area contributed by atoms with E-state index in [4.69, 9.17) is 23.2 Å². The number of amides is 1. The number of carbonyl (C=O) groups excluding carboxylic acids is 1. The van der Waals surface area contributed by atoms with Crippen molar-refractivity contribution in [1.29, 1.82) is 0 Å². The first-order chi connectivity index (χ1) is 7.61. The third-order valence-electron chi connectivity index (χ3n) is 3.36. The van der Waals surface area contributed by atoms with Gasteiger partial charge in [0.05, 0.1) is 5.03 Å². The van der Waals surface area contributed by atoms with Gasteiger partial charge < -0.3 is 10.0 Å². The molecule has 0 bridgehead atoms. The molecule has 1 atom stereocenters. The van der Waals surface area contributed by atoms with E-state index in [-0.39, 0.29) is 16.0 Å². The number of rotatable bonds is 2. The highest BCUT2D eigenvalue weighted by atomic mass is 35.5. The third kappa shape index (κ3) is 2.22. The lowest BCUT2D eigenvalue weighted by molar-refractivity contribution is -0.132. The minimum absolute atomic E-state index is 0.0371. The SMILES string of the molecule is O=C1C(Cl)=C(Cl)C(O)N1CC1CCCCC1. The van der Waals surface area contributed by atoms with Crippen molar-refractivity contribution in [3.8, 4) is 0 Å². The molecule has 0 aromatic carbocycles. The summed E-state index contributed by atoms with van der Waals surface area (Å²) in [6, 6.07) is 0. The van der Waals surface area contributed by atoms with Crippen molar-refractivity contribution in [3.05, 3.63) is 10.1 Å². The largest absolute Gasteiger partial charge is 0.368 e. The van der Waals surface area contributed by atoms with Crippen LogP contribution in [0.25, 0.3) is 0 Å². The van der Waals surface area contributed by atoms with E-state index in [1.54, 1.807) is 0 Å². The summed E-state index contributed by atoms with van der Waals surface area (Å²) >= 11 is 11.5. The highest BCUT2D eigenvalue weighted by Gasteiger charge is 2.37. The molecule has 3 nitrogen and oxygen atoms in total. The Kier molecular flexibility index (Phi) is 3.77. The van der Waals surface area contributed by atoms with E-state index in [0.717, 1.165) is 12.8 Å². The second-order valence-electron chi connectivity index (χ2n) is 4.50. The lowest BCUT2D eigenvalue weighted by Crippen LogP contribution is -2.39. The maximum atomic E-state index is 11.7. The number of carbonyl (C=O) groups is 1. The molecule has 1 aliphatic heterocycles. The van der Waals surface area contributed by atoms with Gasteiger partial charge in [0.2, 0.25) is 0 Å². The van der Waals surface area contributed by atoms with Crippen molar-refractivity contribution in [3.63, 3.8) is 0 Å². The Bertz CT molecular complexity index is 324. The quantitative estimate of drug-likeness (QED) is 0.832. The molecule has 1 aliphatic carbocycles. The van der Waals surface area contributed by atoms with Crippen molar-refractivity contribution < 1.29 is 9.90 Å². The second-order valence-corrected chi connectivity index (χ2v) is 5.28. The summed E-state index contributed by atoms with van der Waals surface area (Å²) in [5, 5.41) is 9.78. The molecule has 1 saturated carbocycles. The number of nitrogens with zero attached hydrogens (tertiary/aromatic N) is 1. The fourth-order valence-electron chi connectivity index (χ4n) is 2.42. The molecule has 1 N–H and O–H groups in total. The number of hydrogen-bond acceptors (Lipinski definition) is 2. The summed E-state index contributed by atoms with van der Waals surface area (Å²) in [6.07, 6.45) is 4.88. The van der Waals surface area contributed by atoms with Gasteiger partial charge in [-0.25, -0.2) is 0 Å². The van der Waals surface area contributed by atoms with Crippen molar-refractivity contribution in [2.75, 3.05) is 6.54 Å². The molecule has 1 fully saturated rings. The van der Waals surface area contributed by atoms with Crippen molar-refractivity contribution in [2.45, 2.75) is 38.3 Å². The van der Waals surface area contributed by atoms with E-state index >= 15 is 0 Å². The number of hydrogen-bond donors (Lipinski definition) is 1. The predicted octanol–water partition coefficient (Wildman–Crippen LogP) is 2.42. The van der Waals surface area contributed by atoms with E-state index in [2.05, 4.69) is 0 Å². The van der Waals surface area contributed by atoms with E-state index in [1.165, 1.54) is 24.2 Å². The number of aliphatic hydroxyl groups is 1. The summed E-state index contributed by atoms with van der Waals surface area (Å²) in [7, 11) is 0. The van der Waals surface area contributed by atoms with Crippen molar-refractivity contribution in [1.82, 2.24) is 4.90 Å². The van der Waals surface area contributed by atoms with Gasteiger partial charge >= 0.3 is 0 Å². The van der Waals surface area contributed by atoms with Crippen LogP contribution in [0.3, 0.4) is 0 Å². The Hall–Kier alpha value is -0.250. The molecule has 1 heterocycles. The molecular formula is C11H15Cl2NO2. The summed E-state index contributed by atoms with van der Waals surface area (Å²) in [5.41, 5.74) is 0. The van der Waals surface area contributed by atoms with Crippen LogP contribution in [0.2, 0.25) is 0 Å². The van der Waals surface area contributed by atoms with Crippen molar-refractivity contribution >= 4 is 29.1 Å². The Morgan fingerprint density at radius 1 is 1.25 bits per heavy atom. The minimum atomic E-state index is -1.04. The molecule has 5 heteroatoms. The zero-order chi connectivity index (χ0) is 11.7. The Balaban J connectivity index is 1.98. The van der Waals surface area contributed by atoms with Gasteiger partial charge in [0.1, 0.15) is 5.03 Å². The first kappa shape index (κ1) is 12.2. The molecule has 0 radical (unpaired) electrons. The molecule has 0 saturated heterocycles. The zero-order valence-electron chi connectivity index (χ0n) is 8.96. The first-order valence-electron chi connectivity index (χ1n) is 5.65. The molecule has 90 valence electrons. The third-order valence-corrected chi connectivity index (χ3v) is 4.21. The highest BCUT2D eigenvalue weighted by Crippen LogP contribution is 2.33. The van der Waals surface area contributed by atoms with Gasteiger partial charge in [-0.2, -0.15) is 0 Å². The van der Waals surface area contributed by atoms with Crippen LogP contribution in [0.15, 0.2) is 10.1 Å². The smallest absolute Gasteiger partial charge is 0.269 e. The first-order valence-corrected chi connectivity index (χ1v) is 6.41. The molecule has 1 amide bonds. The van der Waals surface area contributed by atoms with E-state index in [0.29, 0.717) is 12.5 Å². The van der Waals surface area contributed by atoms with Gasteiger partial charge in [-0.1, -0.05) is 42.5 Å². The van der Waals surface area contributed by atoms with Gasteiger partial charge in [0.25, 0.3) is 5.91 Å². The van der Waals surface area contributed by atoms with Gasteiger partial charge in [0, 0.05) is 6.54 Å². The molecule has 2 aliphatic rings. The van der Waals surface area contributed by atoms with Crippen LogP contribution in [0.1, 0.15) is 32.1 Å². The summed E-state index contributed by atoms with van der Waals surface area (Å²) < 4.78 is 0. The number of aliphatic hydroxyl groups excluding tert-OH is 1. The van der Waals surface area contributed by atoms with Crippen LogP contribution in [0.5, 0.6) is 0 Å². The maximum Gasteiger partial charge on any atom is 0.269 e. The fraction of sp³-hybridized carbons (Fsp3) is 0.727. The van der Waals surface area contributed by atoms with Crippen molar-refractivity contribution in [2.24, 2.45) is 5.92 Å². The van der Waals surface area contributed by atoms with E-state index in [1.807, 2.05) is 0 Å². The fourth-order valence-corrected chi connectivity index (χ4v) is 2.82. The topological polar surface area (TPSA) is 40.5 Å². The minimum Gasteiger partial charge on any atom is -0.368 e. The van der Waals surface area contributed by atoms with E-state index in [9.17, 15) is 9.90 Å². The molecular weight excluding hydrogens is 249 g/mol. The Morgan fingerprint density at radius 3 is 2.38 bits per heavy atom. The van der Waals surface area contributed by atoms with E-state index < -0.39 is 6.23 Å². The monoisotopic (exact) mass is 263 g/mol. The molecule has 0 aromatic heterocycles. The average Bonchev–Trinajstić information content (AvgIpc) is 2.48. The van der Waals surface area contributed by atoms with Gasteiger partial charge in [-0.05, 0) is 18.8 Å². The van der Waals surface area contributed by atoms with Gasteiger partial charge in [0.15, 0.2) is 6.23 Å². The van der Waals surface area contributed by atoms with Crippen LogP contribution in [0, 0.1) is 5.92 Å². The molecule has 1 unspecified atom stereocenters. The van der Waals surface area contributed by atoms with Crippen LogP contribution >= 0.6 is 23.2 Å². The molecule has 0 aromatic rings. The number of halogens is 2. The predicted molar refractivity (Wildman–Crippen MR) is 63.0 cm³/mol. The molecule has 16 heavy (non-hydrogen) atoms. The Morgan fingerprint density at radius 2 is 1.88 bits per heavy atom. The van der Waals surface area contributed by atoms with Crippen LogP contribution in [-0.2, 0) is 4.79 Å². The Labute approximate surface area is 105 Å². The van der Waals surface area contributed by atoms with Crippen LogP contribution < -0.4 is 0 Å². The summed E-state index contributed by atoms with van der Waals surface area (Å²) in [5.74, 6) is 0.129. The van der Waals surface area contributed by atoms with Crippen LogP contribution in [-0.4, -0.2) is 28.7 Å². The standard InChI is InChI=1S/C11H15Cl2NO2/c12-8-9(13)11(16)14(10(8)15)6-7-4-2-1-3-5-7/h7,10,15H,1-6H2. The highest BCUT2D eigenvalue weighted by molar-refractivity contribution is 6.49. The molecule has 0 spiro atoms.